The maximum absolute atomic E-state index is 11.4. The molecular formula is C17H15N3O5. The van der Waals surface area contributed by atoms with Gasteiger partial charge in [-0.15, -0.1) is 0 Å². The molecule has 0 amide bonds. The molecule has 2 aromatic carbocycles. The molecule has 25 heavy (non-hydrogen) atoms. The molecule has 0 bridgehead atoms. The standard InChI is InChI=1S/C17H15N3O5/c1-19-15(17(21)22)9-12-13(6-7-14(16(12)19)20(23)24)18-10-4-3-5-11(8-10)25-2/h3-9,18H,1-2H3,(H,21,22). The van der Waals surface area contributed by atoms with Crippen molar-refractivity contribution in [3.8, 4) is 5.75 Å². The van der Waals surface area contributed by atoms with Crippen LogP contribution in [-0.4, -0.2) is 27.7 Å². The molecule has 0 aliphatic heterocycles. The molecule has 128 valence electrons. The van der Waals surface area contributed by atoms with E-state index in [-0.39, 0.29) is 16.9 Å². The smallest absolute Gasteiger partial charge is 0.352 e. The van der Waals surface area contributed by atoms with Gasteiger partial charge in [-0.3, -0.25) is 10.1 Å². The predicted molar refractivity (Wildman–Crippen MR) is 92.8 cm³/mol. The number of hydrogen-bond acceptors (Lipinski definition) is 5. The number of fused-ring (bicyclic) bond motifs is 1. The van der Waals surface area contributed by atoms with E-state index < -0.39 is 10.9 Å². The summed E-state index contributed by atoms with van der Waals surface area (Å²) in [6.07, 6.45) is 0. The summed E-state index contributed by atoms with van der Waals surface area (Å²) in [4.78, 5) is 22.2. The second kappa shape index (κ2) is 6.16. The quantitative estimate of drug-likeness (QED) is 0.543. The molecule has 0 spiro atoms. The number of nitro benzene ring substituents is 1. The van der Waals surface area contributed by atoms with Crippen LogP contribution in [0.5, 0.6) is 5.75 Å². The normalized spacial score (nSPS) is 10.6. The number of carbonyl (C=O) groups is 1. The van der Waals surface area contributed by atoms with Crippen LogP contribution in [0.4, 0.5) is 17.1 Å². The molecule has 0 saturated carbocycles. The van der Waals surface area contributed by atoms with Crippen molar-refractivity contribution in [3.63, 3.8) is 0 Å². The van der Waals surface area contributed by atoms with E-state index in [9.17, 15) is 20.0 Å². The van der Waals surface area contributed by atoms with E-state index >= 15 is 0 Å². The number of nitro groups is 1. The van der Waals surface area contributed by atoms with Gasteiger partial charge in [0, 0.05) is 35.9 Å². The van der Waals surface area contributed by atoms with Gasteiger partial charge in [-0.2, -0.15) is 0 Å². The van der Waals surface area contributed by atoms with Gasteiger partial charge < -0.3 is 19.7 Å². The van der Waals surface area contributed by atoms with E-state index in [0.29, 0.717) is 16.8 Å². The van der Waals surface area contributed by atoms with Gasteiger partial charge in [0.15, 0.2) is 0 Å². The van der Waals surface area contributed by atoms with E-state index in [4.69, 9.17) is 4.74 Å². The number of carboxylic acids is 1. The van der Waals surface area contributed by atoms with Crippen LogP contribution in [-0.2, 0) is 7.05 Å². The number of anilines is 2. The molecular weight excluding hydrogens is 326 g/mol. The van der Waals surface area contributed by atoms with Gasteiger partial charge >= 0.3 is 5.97 Å². The number of carboxylic acid groups (broad SMARTS) is 1. The molecule has 0 saturated heterocycles. The number of hydrogen-bond donors (Lipinski definition) is 2. The summed E-state index contributed by atoms with van der Waals surface area (Å²) < 4.78 is 6.49. The highest BCUT2D eigenvalue weighted by Gasteiger charge is 2.22. The Morgan fingerprint density at radius 3 is 2.68 bits per heavy atom. The zero-order chi connectivity index (χ0) is 18.1. The van der Waals surface area contributed by atoms with Crippen molar-refractivity contribution in [2.75, 3.05) is 12.4 Å². The largest absolute Gasteiger partial charge is 0.497 e. The van der Waals surface area contributed by atoms with E-state index in [0.717, 1.165) is 5.69 Å². The number of nitrogens with zero attached hydrogens (tertiary/aromatic N) is 2. The third-order valence-electron chi connectivity index (χ3n) is 3.94. The average molecular weight is 341 g/mol. The van der Waals surface area contributed by atoms with Crippen molar-refractivity contribution in [2.45, 2.75) is 0 Å². The fourth-order valence-corrected chi connectivity index (χ4v) is 2.77. The van der Waals surface area contributed by atoms with E-state index in [1.54, 1.807) is 31.4 Å². The number of aryl methyl sites for hydroxylation is 1. The number of rotatable bonds is 5. The highest BCUT2D eigenvalue weighted by Crippen LogP contribution is 2.35. The number of benzene rings is 2. The summed E-state index contributed by atoms with van der Waals surface area (Å²) >= 11 is 0. The van der Waals surface area contributed by atoms with Gasteiger partial charge in [-0.05, 0) is 24.3 Å². The van der Waals surface area contributed by atoms with Crippen LogP contribution >= 0.6 is 0 Å². The van der Waals surface area contributed by atoms with Crippen LogP contribution in [0.1, 0.15) is 10.5 Å². The summed E-state index contributed by atoms with van der Waals surface area (Å²) in [5.41, 5.74) is 1.35. The van der Waals surface area contributed by atoms with Gasteiger partial charge in [-0.1, -0.05) is 6.07 Å². The van der Waals surface area contributed by atoms with Crippen LogP contribution in [0.2, 0.25) is 0 Å². The lowest BCUT2D eigenvalue weighted by Gasteiger charge is -2.10. The molecule has 8 heteroatoms. The van der Waals surface area contributed by atoms with Crippen LogP contribution in [0.15, 0.2) is 42.5 Å². The second-order valence-corrected chi connectivity index (χ2v) is 5.40. The van der Waals surface area contributed by atoms with Crippen LogP contribution in [0.25, 0.3) is 10.9 Å². The molecule has 3 aromatic rings. The van der Waals surface area contributed by atoms with Gasteiger partial charge in [0.2, 0.25) is 0 Å². The molecule has 1 aromatic heterocycles. The summed E-state index contributed by atoms with van der Waals surface area (Å²) in [5.74, 6) is -0.497. The number of non-ortho nitro benzene ring substituents is 1. The summed E-state index contributed by atoms with van der Waals surface area (Å²) in [5, 5.41) is 24.2. The highest BCUT2D eigenvalue weighted by atomic mass is 16.6. The lowest BCUT2D eigenvalue weighted by Crippen LogP contribution is -2.04. The van der Waals surface area contributed by atoms with Gasteiger partial charge in [-0.25, -0.2) is 4.79 Å². The van der Waals surface area contributed by atoms with Crippen molar-refractivity contribution < 1.29 is 19.6 Å². The Balaban J connectivity index is 2.19. The minimum Gasteiger partial charge on any atom is -0.497 e. The Morgan fingerprint density at radius 1 is 1.28 bits per heavy atom. The van der Waals surface area contributed by atoms with Crippen molar-refractivity contribution in [3.05, 3.63) is 58.3 Å². The highest BCUT2D eigenvalue weighted by molar-refractivity contribution is 6.04. The maximum Gasteiger partial charge on any atom is 0.352 e. The first-order valence-electron chi connectivity index (χ1n) is 7.33. The first kappa shape index (κ1) is 16.3. The molecule has 0 radical (unpaired) electrons. The zero-order valence-electron chi connectivity index (χ0n) is 13.5. The minimum atomic E-state index is -1.15. The van der Waals surface area contributed by atoms with Crippen LogP contribution in [0.3, 0.4) is 0 Å². The molecule has 0 unspecified atom stereocenters. The zero-order valence-corrected chi connectivity index (χ0v) is 13.5. The first-order valence-corrected chi connectivity index (χ1v) is 7.33. The average Bonchev–Trinajstić information content (AvgIpc) is 2.93. The van der Waals surface area contributed by atoms with Gasteiger partial charge in [0.05, 0.1) is 12.0 Å². The number of aromatic nitrogens is 1. The van der Waals surface area contributed by atoms with Crippen molar-refractivity contribution >= 4 is 33.9 Å². The molecule has 0 fully saturated rings. The van der Waals surface area contributed by atoms with Crippen LogP contribution in [0, 0.1) is 10.1 Å². The topological polar surface area (TPSA) is 107 Å². The molecule has 0 atom stereocenters. The lowest BCUT2D eigenvalue weighted by atomic mass is 10.1. The number of aromatic carboxylic acids is 1. The molecule has 3 rings (SSSR count). The Hall–Kier alpha value is -3.55. The van der Waals surface area contributed by atoms with Crippen molar-refractivity contribution in [2.24, 2.45) is 7.05 Å². The molecule has 8 nitrogen and oxygen atoms in total. The number of methoxy groups -OCH3 is 1. The minimum absolute atomic E-state index is 0.0296. The molecule has 0 aliphatic rings. The third kappa shape index (κ3) is 2.85. The number of nitrogens with one attached hydrogen (secondary N) is 1. The fourth-order valence-electron chi connectivity index (χ4n) is 2.77. The third-order valence-corrected chi connectivity index (χ3v) is 3.94. The second-order valence-electron chi connectivity index (χ2n) is 5.40. The van der Waals surface area contributed by atoms with Crippen molar-refractivity contribution in [1.29, 1.82) is 0 Å². The Morgan fingerprint density at radius 2 is 2.04 bits per heavy atom. The van der Waals surface area contributed by atoms with Gasteiger partial charge in [0.25, 0.3) is 5.69 Å². The molecule has 0 aliphatic carbocycles. The first-order chi connectivity index (χ1) is 11.9. The summed E-state index contributed by atoms with van der Waals surface area (Å²) in [6.45, 7) is 0. The van der Waals surface area contributed by atoms with Crippen molar-refractivity contribution in [1.82, 2.24) is 4.57 Å². The van der Waals surface area contributed by atoms with E-state index in [1.165, 1.54) is 23.7 Å². The SMILES string of the molecule is COc1cccc(Nc2ccc([N+](=O)[O-])c3c2cc(C(=O)O)n3C)c1. The molecule has 2 N–H and O–H groups in total. The summed E-state index contributed by atoms with van der Waals surface area (Å²) in [7, 11) is 3.05. The maximum atomic E-state index is 11.4. The number of ether oxygens (including phenoxy) is 1. The van der Waals surface area contributed by atoms with Gasteiger partial charge in [0.1, 0.15) is 17.0 Å². The predicted octanol–water partition coefficient (Wildman–Crippen LogP) is 3.54. The lowest BCUT2D eigenvalue weighted by molar-refractivity contribution is -0.383. The van der Waals surface area contributed by atoms with E-state index in [1.807, 2.05) is 6.07 Å². The van der Waals surface area contributed by atoms with E-state index in [2.05, 4.69) is 5.32 Å². The Kier molecular flexibility index (Phi) is 4.02. The monoisotopic (exact) mass is 341 g/mol. The molecule has 1 heterocycles. The Labute approximate surface area is 142 Å². The fraction of sp³-hybridized carbons (Fsp3) is 0.118. The summed E-state index contributed by atoms with van der Waals surface area (Å²) in [6, 6.07) is 11.5. The Bertz CT molecular complexity index is 993. The van der Waals surface area contributed by atoms with Crippen LogP contribution < -0.4 is 10.1 Å².